The van der Waals surface area contributed by atoms with E-state index in [1.165, 1.54) is 0 Å². The van der Waals surface area contributed by atoms with E-state index in [1.807, 2.05) is 7.05 Å². The van der Waals surface area contributed by atoms with Gasteiger partial charge < -0.3 is 0 Å². The summed E-state index contributed by atoms with van der Waals surface area (Å²) in [4.78, 5) is 13.4. The molecule has 0 spiro atoms. The topological polar surface area (TPSA) is 44.4 Å². The summed E-state index contributed by atoms with van der Waals surface area (Å²) in [5.74, 6) is 0.753. The third-order valence-corrected chi connectivity index (χ3v) is 2.92. The van der Waals surface area contributed by atoms with Crippen molar-refractivity contribution < 1.29 is 4.79 Å². The van der Waals surface area contributed by atoms with Crippen LogP contribution in [0.5, 0.6) is 0 Å². The summed E-state index contributed by atoms with van der Waals surface area (Å²) in [5, 5.41) is 0. The van der Waals surface area contributed by atoms with E-state index in [0.29, 0.717) is 12.0 Å². The van der Waals surface area contributed by atoms with E-state index < -0.39 is 0 Å². The first-order valence-corrected chi connectivity index (χ1v) is 4.39. The Morgan fingerprint density at radius 2 is 2.33 bits per heavy atom. The van der Waals surface area contributed by atoms with Crippen molar-refractivity contribution in [3.63, 3.8) is 0 Å². The van der Waals surface area contributed by atoms with Gasteiger partial charge in [-0.1, -0.05) is 0 Å². The molecule has 4 nitrogen and oxygen atoms in total. The van der Waals surface area contributed by atoms with Crippen LogP contribution in [0.15, 0.2) is 0 Å². The number of ketones is 1. The fourth-order valence-electron chi connectivity index (χ4n) is 2.43. The molecular formula is C8H15N3O. The number of carbonyl (C=O) groups is 1. The Kier molecular flexibility index (Phi) is 1.90. The van der Waals surface area contributed by atoms with Gasteiger partial charge in [-0.05, 0) is 14.0 Å². The molecule has 68 valence electrons. The van der Waals surface area contributed by atoms with Crippen LogP contribution in [0.25, 0.3) is 0 Å². The van der Waals surface area contributed by atoms with Crippen molar-refractivity contribution >= 4 is 5.78 Å². The third-order valence-electron chi connectivity index (χ3n) is 2.92. The second-order valence-electron chi connectivity index (χ2n) is 3.79. The molecule has 2 N–H and O–H groups in total. The van der Waals surface area contributed by atoms with Crippen molar-refractivity contribution in [1.29, 1.82) is 0 Å². The zero-order valence-corrected chi connectivity index (χ0v) is 7.50. The molecule has 12 heavy (non-hydrogen) atoms. The molecule has 2 saturated heterocycles. The van der Waals surface area contributed by atoms with Crippen LogP contribution in [0.1, 0.15) is 6.92 Å². The van der Waals surface area contributed by atoms with Crippen LogP contribution in [-0.2, 0) is 4.79 Å². The molecule has 2 aliphatic heterocycles. The molecule has 0 bridgehead atoms. The smallest absolute Gasteiger partial charge is 0.147 e. The summed E-state index contributed by atoms with van der Waals surface area (Å²) in [6, 6.07) is 0.585. The minimum absolute atomic E-state index is 0.123. The predicted octanol–water partition coefficient (Wildman–Crippen LogP) is -1.02. The number of carbonyl (C=O) groups excluding carboxylic acids is 1. The van der Waals surface area contributed by atoms with E-state index in [9.17, 15) is 4.79 Å². The Morgan fingerprint density at radius 1 is 1.58 bits per heavy atom. The number of rotatable bonds is 1. The van der Waals surface area contributed by atoms with Crippen LogP contribution in [0.3, 0.4) is 0 Å². The number of hydrogen-bond donors (Lipinski definition) is 2. The first kappa shape index (κ1) is 8.16. The monoisotopic (exact) mass is 169 g/mol. The van der Waals surface area contributed by atoms with Gasteiger partial charge in [0, 0.05) is 25.0 Å². The van der Waals surface area contributed by atoms with Gasteiger partial charge in [0.1, 0.15) is 5.78 Å². The lowest BCUT2D eigenvalue weighted by Gasteiger charge is -2.20. The van der Waals surface area contributed by atoms with Gasteiger partial charge in [-0.15, -0.1) is 0 Å². The SMILES string of the molecule is CC(=O)C1C2CNNC2CN1C. The number of likely N-dealkylation sites (N-methyl/N-ethyl adjacent to an activating group) is 1. The van der Waals surface area contributed by atoms with Crippen LogP contribution in [-0.4, -0.2) is 42.9 Å². The number of nitrogens with zero attached hydrogens (tertiary/aromatic N) is 1. The second-order valence-corrected chi connectivity index (χ2v) is 3.79. The van der Waals surface area contributed by atoms with E-state index in [-0.39, 0.29) is 11.8 Å². The number of hydrazine groups is 1. The molecule has 2 heterocycles. The largest absolute Gasteiger partial charge is 0.298 e. The van der Waals surface area contributed by atoms with Crippen molar-refractivity contribution in [2.45, 2.75) is 19.0 Å². The van der Waals surface area contributed by atoms with Gasteiger partial charge in [-0.25, -0.2) is 0 Å². The van der Waals surface area contributed by atoms with Gasteiger partial charge >= 0.3 is 0 Å². The summed E-state index contributed by atoms with van der Waals surface area (Å²) in [7, 11) is 2.02. The Balaban J connectivity index is 2.15. The standard InChI is InChI=1S/C8H15N3O/c1-5(12)8-6-3-9-10-7(6)4-11(8)2/h6-10H,3-4H2,1-2H3. The molecule has 4 heteroatoms. The summed E-state index contributed by atoms with van der Waals surface area (Å²) in [5.41, 5.74) is 6.29. The van der Waals surface area contributed by atoms with Crippen molar-refractivity contribution in [1.82, 2.24) is 15.8 Å². The summed E-state index contributed by atoms with van der Waals surface area (Å²) in [6.07, 6.45) is 0. The lowest BCUT2D eigenvalue weighted by molar-refractivity contribution is -0.121. The zero-order valence-electron chi connectivity index (χ0n) is 7.50. The highest BCUT2D eigenvalue weighted by Gasteiger charge is 2.44. The van der Waals surface area contributed by atoms with Crippen LogP contribution >= 0.6 is 0 Å². The van der Waals surface area contributed by atoms with Crippen LogP contribution in [0.4, 0.5) is 0 Å². The minimum Gasteiger partial charge on any atom is -0.298 e. The molecule has 0 saturated carbocycles. The fraction of sp³-hybridized carbons (Fsp3) is 0.875. The molecule has 0 aromatic carbocycles. The Morgan fingerprint density at radius 3 is 3.00 bits per heavy atom. The predicted molar refractivity (Wildman–Crippen MR) is 45.5 cm³/mol. The number of fused-ring (bicyclic) bond motifs is 1. The first-order chi connectivity index (χ1) is 5.70. The lowest BCUT2D eigenvalue weighted by atomic mass is 9.96. The Bertz CT molecular complexity index is 206. The molecule has 0 amide bonds. The maximum atomic E-state index is 11.3. The highest BCUT2D eigenvalue weighted by Crippen LogP contribution is 2.25. The van der Waals surface area contributed by atoms with E-state index in [0.717, 1.165) is 13.1 Å². The Labute approximate surface area is 72.3 Å². The minimum atomic E-state index is 0.123. The zero-order chi connectivity index (χ0) is 8.72. The number of likely N-dealkylation sites (tertiary alicyclic amines) is 1. The molecular weight excluding hydrogens is 154 g/mol. The average Bonchev–Trinajstić information content (AvgIpc) is 2.44. The van der Waals surface area contributed by atoms with E-state index in [2.05, 4.69) is 15.8 Å². The average molecular weight is 169 g/mol. The number of Topliss-reactive ketones (excluding diaryl/α,β-unsaturated/α-hetero) is 1. The third kappa shape index (κ3) is 1.07. The van der Waals surface area contributed by atoms with Gasteiger partial charge in [0.15, 0.2) is 0 Å². The van der Waals surface area contributed by atoms with Crippen molar-refractivity contribution in [2.24, 2.45) is 5.92 Å². The number of hydrogen-bond acceptors (Lipinski definition) is 4. The van der Waals surface area contributed by atoms with E-state index in [4.69, 9.17) is 0 Å². The molecule has 2 aliphatic rings. The first-order valence-electron chi connectivity index (χ1n) is 4.39. The highest BCUT2D eigenvalue weighted by molar-refractivity contribution is 5.82. The van der Waals surface area contributed by atoms with Crippen molar-refractivity contribution in [3.8, 4) is 0 Å². The molecule has 3 unspecified atom stereocenters. The molecule has 2 fully saturated rings. The molecule has 0 aromatic rings. The normalized spacial score (nSPS) is 41.7. The van der Waals surface area contributed by atoms with Crippen molar-refractivity contribution in [3.05, 3.63) is 0 Å². The van der Waals surface area contributed by atoms with E-state index in [1.54, 1.807) is 6.92 Å². The van der Waals surface area contributed by atoms with Crippen molar-refractivity contribution in [2.75, 3.05) is 20.1 Å². The fourth-order valence-corrected chi connectivity index (χ4v) is 2.43. The molecule has 0 aromatic heterocycles. The van der Waals surface area contributed by atoms with Crippen LogP contribution in [0, 0.1) is 5.92 Å². The van der Waals surface area contributed by atoms with Gasteiger partial charge in [-0.2, -0.15) is 0 Å². The molecule has 0 radical (unpaired) electrons. The van der Waals surface area contributed by atoms with Crippen LogP contribution < -0.4 is 10.9 Å². The lowest BCUT2D eigenvalue weighted by Crippen LogP contribution is -2.38. The Hall–Kier alpha value is -0.450. The molecule has 2 rings (SSSR count). The van der Waals surface area contributed by atoms with Gasteiger partial charge in [-0.3, -0.25) is 20.5 Å². The molecule has 0 aliphatic carbocycles. The highest BCUT2D eigenvalue weighted by atomic mass is 16.1. The summed E-state index contributed by atoms with van der Waals surface area (Å²) >= 11 is 0. The maximum Gasteiger partial charge on any atom is 0.147 e. The maximum absolute atomic E-state index is 11.3. The van der Waals surface area contributed by atoms with Gasteiger partial charge in [0.05, 0.1) is 6.04 Å². The second kappa shape index (κ2) is 2.80. The van der Waals surface area contributed by atoms with E-state index >= 15 is 0 Å². The quantitative estimate of drug-likeness (QED) is 0.527. The van der Waals surface area contributed by atoms with Crippen LogP contribution in [0.2, 0.25) is 0 Å². The van der Waals surface area contributed by atoms with Gasteiger partial charge in [0.25, 0.3) is 0 Å². The van der Waals surface area contributed by atoms with Gasteiger partial charge in [0.2, 0.25) is 0 Å². The summed E-state index contributed by atoms with van der Waals surface area (Å²) in [6.45, 7) is 3.57. The molecule has 3 atom stereocenters. The number of nitrogens with one attached hydrogen (secondary N) is 2. The summed E-state index contributed by atoms with van der Waals surface area (Å²) < 4.78 is 0.